The third-order valence-corrected chi connectivity index (χ3v) is 14.9. The number of aromatic nitrogens is 3. The van der Waals surface area contributed by atoms with Crippen molar-refractivity contribution in [1.82, 2.24) is 15.0 Å². The van der Waals surface area contributed by atoms with Gasteiger partial charge >= 0.3 is 0 Å². The maximum absolute atomic E-state index is 7.23. The minimum atomic E-state index is -0.623. The number of para-hydroxylation sites is 3. The highest BCUT2D eigenvalue weighted by Crippen LogP contribution is 2.60. The van der Waals surface area contributed by atoms with Crippen LogP contribution in [0.4, 0.5) is 0 Å². The molecule has 0 N–H and O–H groups in total. The summed E-state index contributed by atoms with van der Waals surface area (Å²) in [5.41, 5.74) is 13.1. The molecule has 5 nitrogen and oxygen atoms in total. The van der Waals surface area contributed by atoms with Gasteiger partial charge in [-0.3, -0.25) is 0 Å². The van der Waals surface area contributed by atoms with E-state index in [9.17, 15) is 0 Å². The molecule has 332 valence electrons. The first kappa shape index (κ1) is 41.8. The van der Waals surface area contributed by atoms with Gasteiger partial charge in [0.2, 0.25) is 0 Å². The minimum Gasteiger partial charge on any atom is -0.460 e. The van der Waals surface area contributed by atoms with E-state index in [-0.39, 0.29) is 5.92 Å². The van der Waals surface area contributed by atoms with Gasteiger partial charge in [-0.25, -0.2) is 15.0 Å². The Labute approximate surface area is 399 Å². The molecule has 0 fully saturated rings. The first-order valence-electron chi connectivity index (χ1n) is 24.2. The van der Waals surface area contributed by atoms with Crippen molar-refractivity contribution < 1.29 is 9.47 Å². The van der Waals surface area contributed by atoms with Gasteiger partial charge in [-0.2, -0.15) is 0 Å². The number of aryl methyl sites for hydroxylation is 3. The van der Waals surface area contributed by atoms with E-state index >= 15 is 0 Å². The number of rotatable bonds is 7. The van der Waals surface area contributed by atoms with Crippen LogP contribution in [0.5, 0.6) is 17.2 Å². The molecule has 3 aliphatic carbocycles. The van der Waals surface area contributed by atoms with E-state index in [2.05, 4.69) is 216 Å². The van der Waals surface area contributed by atoms with Gasteiger partial charge in [0.25, 0.3) is 0 Å². The van der Waals surface area contributed by atoms with Crippen molar-refractivity contribution >= 4 is 5.57 Å². The smallest absolute Gasteiger partial charge is 0.167 e. The molecule has 7 aromatic rings. The van der Waals surface area contributed by atoms with Crippen LogP contribution < -0.4 is 9.47 Å². The van der Waals surface area contributed by atoms with Crippen molar-refractivity contribution in [3.8, 4) is 40.0 Å². The van der Waals surface area contributed by atoms with Gasteiger partial charge in [0.05, 0.1) is 22.0 Å². The lowest BCUT2D eigenvalue weighted by molar-refractivity contribution is 0.252. The van der Waals surface area contributed by atoms with Gasteiger partial charge in [0, 0.05) is 28.2 Å². The summed E-state index contributed by atoms with van der Waals surface area (Å²) in [5, 5.41) is 0. The molecule has 5 heteroatoms. The van der Waals surface area contributed by atoms with Crippen molar-refractivity contribution in [2.75, 3.05) is 0 Å². The highest BCUT2D eigenvalue weighted by Gasteiger charge is 2.52. The number of hydrogen-bond acceptors (Lipinski definition) is 5. The van der Waals surface area contributed by atoms with E-state index in [0.29, 0.717) is 23.4 Å². The van der Waals surface area contributed by atoms with Crippen LogP contribution in [-0.2, 0) is 10.8 Å². The summed E-state index contributed by atoms with van der Waals surface area (Å²) < 4.78 is 14.4. The van der Waals surface area contributed by atoms with Crippen LogP contribution in [0.15, 0.2) is 205 Å². The predicted molar refractivity (Wildman–Crippen MR) is 274 cm³/mol. The molecule has 3 unspecified atom stereocenters. The summed E-state index contributed by atoms with van der Waals surface area (Å²) >= 11 is 0. The topological polar surface area (TPSA) is 57.1 Å². The molecule has 1 aromatic heterocycles. The Morgan fingerprint density at radius 2 is 1.18 bits per heavy atom. The van der Waals surface area contributed by atoms with Gasteiger partial charge in [0.1, 0.15) is 23.0 Å². The largest absolute Gasteiger partial charge is 0.460 e. The fraction of sp³-hybridized carbons (Fsp3) is 0.190. The fourth-order valence-corrected chi connectivity index (χ4v) is 12.0. The first-order chi connectivity index (χ1) is 33.3. The maximum atomic E-state index is 7.23. The molecule has 0 saturated heterocycles. The van der Waals surface area contributed by atoms with Gasteiger partial charge in [-0.15, -0.1) is 0 Å². The number of ether oxygens (including phenoxy) is 2. The standard InChI is InChI=1S/C63H53N3O2/c1-40-34-36-47(37-35-40)63(46-24-12-7-13-25-46)51-29-15-17-33-55(51)68-58-49(27-19-31-53(58)63)60-64-59(65-61(66-60)56-42(3)38-41(2)39-43(56)4)48-26-18-30-52-57(48)67-54-32-16-14-28-50(54)62(52,44-20-8-5-9-21-44)45-22-10-6-11-23-45/h5-6,8-12,14-29,31-34,36-40,52H,7,13,30,35H2,1-4H3. The monoisotopic (exact) mass is 883 g/mol. The van der Waals surface area contributed by atoms with Crippen molar-refractivity contribution in [2.24, 2.45) is 11.8 Å². The Bertz CT molecular complexity index is 3290. The first-order valence-corrected chi connectivity index (χ1v) is 24.2. The Morgan fingerprint density at radius 3 is 1.87 bits per heavy atom. The van der Waals surface area contributed by atoms with Crippen LogP contribution in [0.3, 0.4) is 0 Å². The molecule has 12 rings (SSSR count). The van der Waals surface area contributed by atoms with Gasteiger partial charge in [-0.1, -0.05) is 182 Å². The zero-order valence-corrected chi connectivity index (χ0v) is 39.0. The van der Waals surface area contributed by atoms with Crippen molar-refractivity contribution in [2.45, 2.75) is 64.2 Å². The summed E-state index contributed by atoms with van der Waals surface area (Å²) in [4.78, 5) is 16.5. The maximum Gasteiger partial charge on any atom is 0.167 e. The van der Waals surface area contributed by atoms with E-state index in [1.54, 1.807) is 0 Å². The predicted octanol–water partition coefficient (Wildman–Crippen LogP) is 15.0. The minimum absolute atomic E-state index is 0.116. The molecule has 5 aliphatic rings. The number of nitrogens with zero attached hydrogens (tertiary/aromatic N) is 3. The lowest BCUT2D eigenvalue weighted by Gasteiger charge is -2.48. The lowest BCUT2D eigenvalue weighted by atomic mass is 9.58. The Hall–Kier alpha value is -7.63. The Balaban J connectivity index is 1.13. The number of hydrogen-bond donors (Lipinski definition) is 0. The van der Waals surface area contributed by atoms with E-state index in [1.807, 2.05) is 0 Å². The van der Waals surface area contributed by atoms with Gasteiger partial charge in [0.15, 0.2) is 17.5 Å². The summed E-state index contributed by atoms with van der Waals surface area (Å²) in [5.74, 6) is 5.31. The summed E-state index contributed by atoms with van der Waals surface area (Å²) in [6.07, 6.45) is 22.4. The molecule has 6 aromatic carbocycles. The van der Waals surface area contributed by atoms with Crippen molar-refractivity contribution in [3.05, 3.63) is 255 Å². The molecule has 0 saturated carbocycles. The molecular formula is C63H53N3O2. The Morgan fingerprint density at radius 1 is 0.544 bits per heavy atom. The molecule has 0 bridgehead atoms. The molecule has 68 heavy (non-hydrogen) atoms. The normalized spacial score (nSPS) is 20.8. The molecule has 0 spiro atoms. The fourth-order valence-electron chi connectivity index (χ4n) is 12.0. The molecular weight excluding hydrogens is 831 g/mol. The van der Waals surface area contributed by atoms with Crippen LogP contribution in [-0.4, -0.2) is 15.0 Å². The van der Waals surface area contributed by atoms with E-state index < -0.39 is 10.8 Å². The lowest BCUT2D eigenvalue weighted by Crippen LogP contribution is -2.44. The summed E-state index contributed by atoms with van der Waals surface area (Å²) in [6.45, 7) is 8.74. The van der Waals surface area contributed by atoms with Crippen molar-refractivity contribution in [3.63, 3.8) is 0 Å². The number of benzene rings is 6. The van der Waals surface area contributed by atoms with E-state index in [0.717, 1.165) is 93.2 Å². The van der Waals surface area contributed by atoms with Gasteiger partial charge < -0.3 is 9.47 Å². The Kier molecular flexibility index (Phi) is 10.2. The summed E-state index contributed by atoms with van der Waals surface area (Å²) in [6, 6.07) is 49.9. The van der Waals surface area contributed by atoms with Crippen LogP contribution in [0.25, 0.3) is 28.3 Å². The van der Waals surface area contributed by atoms with Crippen LogP contribution >= 0.6 is 0 Å². The average Bonchev–Trinajstić information content (AvgIpc) is 3.37. The number of allylic oxidation sites excluding steroid dienone is 12. The molecule has 2 aliphatic heterocycles. The van der Waals surface area contributed by atoms with Crippen LogP contribution in [0, 0.1) is 32.6 Å². The second kappa shape index (κ2) is 16.6. The van der Waals surface area contributed by atoms with Crippen LogP contribution in [0.2, 0.25) is 0 Å². The third kappa shape index (κ3) is 6.47. The highest BCUT2D eigenvalue weighted by atomic mass is 16.5. The summed E-state index contributed by atoms with van der Waals surface area (Å²) in [7, 11) is 0. The van der Waals surface area contributed by atoms with E-state index in [4.69, 9.17) is 24.4 Å². The molecule has 3 atom stereocenters. The van der Waals surface area contributed by atoms with Crippen LogP contribution in [0.1, 0.15) is 82.9 Å². The van der Waals surface area contributed by atoms with Crippen molar-refractivity contribution in [1.29, 1.82) is 0 Å². The zero-order valence-electron chi connectivity index (χ0n) is 39.0. The average molecular weight is 884 g/mol. The molecule has 3 heterocycles. The SMILES string of the molecule is Cc1cc(C)c(-c2nc(C3=C4Oc5ccccc5C(c5ccccc5)(c5ccccc5)C4CC=C3)nc(-c3cccc4c3Oc3ccccc3C4(C3=CCCC=C3)C3=CCC(C)C=C3)n2)c(C)c1. The quantitative estimate of drug-likeness (QED) is 0.160. The van der Waals surface area contributed by atoms with Gasteiger partial charge in [-0.05, 0) is 104 Å². The third-order valence-electron chi connectivity index (χ3n) is 14.9. The van der Waals surface area contributed by atoms with E-state index in [1.165, 1.54) is 27.8 Å². The number of fused-ring (bicyclic) bond motifs is 4. The molecule has 0 amide bonds. The highest BCUT2D eigenvalue weighted by molar-refractivity contribution is 5.82. The zero-order chi connectivity index (χ0) is 46.0. The second-order valence-corrected chi connectivity index (χ2v) is 19.1. The molecule has 0 radical (unpaired) electrons. The second-order valence-electron chi connectivity index (χ2n) is 19.1.